The summed E-state index contributed by atoms with van der Waals surface area (Å²) in [5.41, 5.74) is 0.436. The van der Waals surface area contributed by atoms with Gasteiger partial charge in [-0.2, -0.15) is 0 Å². The van der Waals surface area contributed by atoms with Gasteiger partial charge in [0.15, 0.2) is 0 Å². The summed E-state index contributed by atoms with van der Waals surface area (Å²) in [6.07, 6.45) is 2.65. The summed E-state index contributed by atoms with van der Waals surface area (Å²) in [7, 11) is 8.65. The van der Waals surface area contributed by atoms with Gasteiger partial charge in [-0.15, -0.1) is 0 Å². The molecule has 3 nitrogen and oxygen atoms in total. The summed E-state index contributed by atoms with van der Waals surface area (Å²) in [4.78, 5) is 4.78. The number of rotatable bonds is 5. The van der Waals surface area contributed by atoms with Crippen LogP contribution in [-0.4, -0.2) is 63.2 Å². The van der Waals surface area contributed by atoms with Gasteiger partial charge in [-0.1, -0.05) is 13.8 Å². The van der Waals surface area contributed by atoms with Gasteiger partial charge in [-0.25, -0.2) is 0 Å². The SMILES string of the molecule is CNC1C(N(C)CCN(C)C)CCC1(C)C. The highest BCUT2D eigenvalue weighted by molar-refractivity contribution is 4.99. The molecular formula is C13H29N3. The smallest absolute Gasteiger partial charge is 0.0271 e. The largest absolute Gasteiger partial charge is 0.315 e. The van der Waals surface area contributed by atoms with Gasteiger partial charge in [-0.05, 0) is 46.4 Å². The predicted molar refractivity (Wildman–Crippen MR) is 70.8 cm³/mol. The molecule has 96 valence electrons. The first-order valence-electron chi connectivity index (χ1n) is 6.40. The molecule has 3 heteroatoms. The van der Waals surface area contributed by atoms with E-state index in [1.54, 1.807) is 0 Å². The van der Waals surface area contributed by atoms with Crippen molar-refractivity contribution in [3.8, 4) is 0 Å². The first-order valence-corrected chi connectivity index (χ1v) is 6.40. The molecule has 0 spiro atoms. The van der Waals surface area contributed by atoms with Crippen molar-refractivity contribution in [3.05, 3.63) is 0 Å². The first-order chi connectivity index (χ1) is 7.38. The van der Waals surface area contributed by atoms with E-state index in [4.69, 9.17) is 0 Å². The van der Waals surface area contributed by atoms with E-state index in [0.717, 1.165) is 13.1 Å². The van der Waals surface area contributed by atoms with Crippen LogP contribution in [0.5, 0.6) is 0 Å². The number of likely N-dealkylation sites (N-methyl/N-ethyl adjacent to an activating group) is 3. The second kappa shape index (κ2) is 5.48. The van der Waals surface area contributed by atoms with Crippen LogP contribution in [0.1, 0.15) is 26.7 Å². The fourth-order valence-corrected chi connectivity index (χ4v) is 2.94. The van der Waals surface area contributed by atoms with E-state index in [9.17, 15) is 0 Å². The Morgan fingerprint density at radius 1 is 1.19 bits per heavy atom. The van der Waals surface area contributed by atoms with Crippen LogP contribution in [0.2, 0.25) is 0 Å². The van der Waals surface area contributed by atoms with E-state index in [0.29, 0.717) is 17.5 Å². The van der Waals surface area contributed by atoms with Crippen molar-refractivity contribution in [2.24, 2.45) is 5.41 Å². The maximum Gasteiger partial charge on any atom is 0.0271 e. The minimum atomic E-state index is 0.436. The minimum Gasteiger partial charge on any atom is -0.315 e. The van der Waals surface area contributed by atoms with Gasteiger partial charge in [0, 0.05) is 25.2 Å². The zero-order valence-electron chi connectivity index (χ0n) is 11.9. The van der Waals surface area contributed by atoms with Gasteiger partial charge >= 0.3 is 0 Å². The van der Waals surface area contributed by atoms with Gasteiger partial charge in [0.25, 0.3) is 0 Å². The van der Waals surface area contributed by atoms with E-state index in [1.165, 1.54) is 12.8 Å². The van der Waals surface area contributed by atoms with Crippen molar-refractivity contribution < 1.29 is 0 Å². The van der Waals surface area contributed by atoms with Gasteiger partial charge in [0.05, 0.1) is 0 Å². The third-order valence-electron chi connectivity index (χ3n) is 4.09. The van der Waals surface area contributed by atoms with Crippen molar-refractivity contribution in [1.29, 1.82) is 0 Å². The molecule has 2 unspecified atom stereocenters. The molecule has 2 atom stereocenters. The van der Waals surface area contributed by atoms with Gasteiger partial charge < -0.3 is 15.1 Å². The molecule has 0 bridgehead atoms. The topological polar surface area (TPSA) is 18.5 Å². The Bertz CT molecular complexity index is 213. The summed E-state index contributed by atoms with van der Waals surface area (Å²) < 4.78 is 0. The summed E-state index contributed by atoms with van der Waals surface area (Å²) in [5, 5.41) is 3.52. The Kier molecular flexibility index (Phi) is 4.77. The van der Waals surface area contributed by atoms with Crippen LogP contribution >= 0.6 is 0 Å². The Hall–Kier alpha value is -0.120. The fraction of sp³-hybridized carbons (Fsp3) is 1.00. The van der Waals surface area contributed by atoms with Gasteiger partial charge in [-0.3, -0.25) is 0 Å². The molecule has 0 aromatic rings. The molecule has 0 aliphatic heterocycles. The normalized spacial score (nSPS) is 29.2. The molecule has 0 aromatic carbocycles. The van der Waals surface area contributed by atoms with Crippen LogP contribution < -0.4 is 5.32 Å². The molecule has 1 aliphatic carbocycles. The van der Waals surface area contributed by atoms with Gasteiger partial charge in [0.2, 0.25) is 0 Å². The molecule has 0 amide bonds. The molecule has 1 fully saturated rings. The van der Waals surface area contributed by atoms with Crippen molar-refractivity contribution in [1.82, 2.24) is 15.1 Å². The monoisotopic (exact) mass is 227 g/mol. The molecule has 1 rings (SSSR count). The summed E-state index contributed by atoms with van der Waals surface area (Å²) in [5.74, 6) is 0. The second-order valence-electron chi connectivity index (χ2n) is 6.14. The van der Waals surface area contributed by atoms with Crippen LogP contribution in [0.3, 0.4) is 0 Å². The van der Waals surface area contributed by atoms with E-state index in [1.807, 2.05) is 0 Å². The fourth-order valence-electron chi connectivity index (χ4n) is 2.94. The van der Waals surface area contributed by atoms with E-state index in [2.05, 4.69) is 57.2 Å². The average molecular weight is 227 g/mol. The van der Waals surface area contributed by atoms with Crippen LogP contribution in [0.25, 0.3) is 0 Å². The second-order valence-corrected chi connectivity index (χ2v) is 6.14. The van der Waals surface area contributed by atoms with E-state index in [-0.39, 0.29) is 0 Å². The lowest BCUT2D eigenvalue weighted by atomic mass is 9.86. The van der Waals surface area contributed by atoms with Crippen molar-refractivity contribution in [3.63, 3.8) is 0 Å². The Morgan fingerprint density at radius 3 is 2.31 bits per heavy atom. The van der Waals surface area contributed by atoms with E-state index < -0.39 is 0 Å². The number of nitrogens with one attached hydrogen (secondary N) is 1. The molecule has 16 heavy (non-hydrogen) atoms. The quantitative estimate of drug-likeness (QED) is 0.763. The Morgan fingerprint density at radius 2 is 1.81 bits per heavy atom. The maximum absolute atomic E-state index is 3.52. The van der Waals surface area contributed by atoms with Crippen LogP contribution in [-0.2, 0) is 0 Å². The number of hydrogen-bond donors (Lipinski definition) is 1. The molecule has 0 saturated heterocycles. The third kappa shape index (κ3) is 3.19. The Balaban J connectivity index is 2.53. The zero-order valence-corrected chi connectivity index (χ0v) is 11.9. The lowest BCUT2D eigenvalue weighted by Gasteiger charge is -2.35. The van der Waals surface area contributed by atoms with Crippen molar-refractivity contribution in [2.75, 3.05) is 41.3 Å². The van der Waals surface area contributed by atoms with Crippen molar-refractivity contribution in [2.45, 2.75) is 38.8 Å². The highest BCUT2D eigenvalue weighted by Crippen LogP contribution is 2.39. The lowest BCUT2D eigenvalue weighted by Crippen LogP contribution is -2.50. The molecule has 1 N–H and O–H groups in total. The summed E-state index contributed by atoms with van der Waals surface area (Å²) >= 11 is 0. The predicted octanol–water partition coefficient (Wildman–Crippen LogP) is 1.26. The molecule has 1 saturated carbocycles. The first kappa shape index (κ1) is 13.9. The zero-order chi connectivity index (χ0) is 12.3. The van der Waals surface area contributed by atoms with Crippen LogP contribution in [0, 0.1) is 5.41 Å². The maximum atomic E-state index is 3.52. The van der Waals surface area contributed by atoms with Crippen molar-refractivity contribution >= 4 is 0 Å². The standard InChI is InChI=1S/C13H29N3/c1-13(2)8-7-11(12(13)14-3)16(6)10-9-15(4)5/h11-12,14H,7-10H2,1-6H3. The lowest BCUT2D eigenvalue weighted by molar-refractivity contribution is 0.166. The average Bonchev–Trinajstić information content (AvgIpc) is 2.49. The molecule has 1 aliphatic rings. The molecular weight excluding hydrogens is 198 g/mol. The highest BCUT2D eigenvalue weighted by atomic mass is 15.2. The molecule has 0 radical (unpaired) electrons. The summed E-state index contributed by atoms with van der Waals surface area (Å²) in [6, 6.07) is 1.32. The van der Waals surface area contributed by atoms with Crippen LogP contribution in [0.15, 0.2) is 0 Å². The third-order valence-corrected chi connectivity index (χ3v) is 4.09. The summed E-state index contributed by atoms with van der Waals surface area (Å²) in [6.45, 7) is 7.07. The molecule has 0 aromatic heterocycles. The minimum absolute atomic E-state index is 0.436. The van der Waals surface area contributed by atoms with Crippen LogP contribution in [0.4, 0.5) is 0 Å². The number of hydrogen-bond acceptors (Lipinski definition) is 3. The van der Waals surface area contributed by atoms with Gasteiger partial charge in [0.1, 0.15) is 0 Å². The molecule has 0 heterocycles. The number of nitrogens with zero attached hydrogens (tertiary/aromatic N) is 2. The highest BCUT2D eigenvalue weighted by Gasteiger charge is 2.42. The van der Waals surface area contributed by atoms with E-state index >= 15 is 0 Å². The Labute approximate surface area is 101 Å².